The predicted octanol–water partition coefficient (Wildman–Crippen LogP) is 3.13. The number of rotatable bonds is 7. The number of hydrogen-bond donors (Lipinski definition) is 1. The Balaban J connectivity index is 1.69. The first-order valence-electron chi connectivity index (χ1n) is 7.59. The van der Waals surface area contributed by atoms with Crippen LogP contribution >= 0.6 is 11.3 Å². The molecule has 1 fully saturated rings. The molecule has 1 aliphatic rings. The van der Waals surface area contributed by atoms with E-state index in [2.05, 4.69) is 41.2 Å². The molecule has 0 aliphatic heterocycles. The second kappa shape index (κ2) is 6.54. The summed E-state index contributed by atoms with van der Waals surface area (Å²) in [5.74, 6) is 0. The Labute approximate surface area is 130 Å². The quantitative estimate of drug-likeness (QED) is 0.853. The zero-order chi connectivity index (χ0) is 14.7. The molecular formula is C16H22N4S. The minimum Gasteiger partial charge on any atom is -0.344 e. The van der Waals surface area contributed by atoms with Crippen molar-refractivity contribution in [3.8, 4) is 0 Å². The Kier molecular flexibility index (Phi) is 4.51. The molecule has 0 spiro atoms. The zero-order valence-electron chi connectivity index (χ0n) is 12.7. The summed E-state index contributed by atoms with van der Waals surface area (Å²) in [5, 5.41) is 4.70. The van der Waals surface area contributed by atoms with Gasteiger partial charge in [0, 0.05) is 42.9 Å². The predicted molar refractivity (Wildman–Crippen MR) is 87.7 cm³/mol. The van der Waals surface area contributed by atoms with Gasteiger partial charge in [0.15, 0.2) is 5.13 Å². The molecule has 0 amide bonds. The van der Waals surface area contributed by atoms with Crippen LogP contribution in [0.15, 0.2) is 24.5 Å². The van der Waals surface area contributed by atoms with Crippen LogP contribution in [0.5, 0.6) is 0 Å². The SMILES string of the molecule is CCN(Cc1ccncc1)c1nc(C)c(CNC2CC2)s1. The van der Waals surface area contributed by atoms with Crippen molar-refractivity contribution in [3.05, 3.63) is 40.7 Å². The van der Waals surface area contributed by atoms with Crippen molar-refractivity contribution >= 4 is 16.5 Å². The summed E-state index contributed by atoms with van der Waals surface area (Å²) in [6.45, 7) is 7.11. The van der Waals surface area contributed by atoms with Crippen LogP contribution < -0.4 is 10.2 Å². The molecule has 1 N–H and O–H groups in total. The van der Waals surface area contributed by atoms with Crippen LogP contribution in [0, 0.1) is 6.92 Å². The van der Waals surface area contributed by atoms with Gasteiger partial charge in [0.2, 0.25) is 0 Å². The number of thiazole rings is 1. The van der Waals surface area contributed by atoms with E-state index < -0.39 is 0 Å². The van der Waals surface area contributed by atoms with Crippen LogP contribution in [-0.2, 0) is 13.1 Å². The lowest BCUT2D eigenvalue weighted by molar-refractivity contribution is 0.691. The van der Waals surface area contributed by atoms with Crippen molar-refractivity contribution in [2.24, 2.45) is 0 Å². The molecule has 0 radical (unpaired) electrons. The Hall–Kier alpha value is -1.46. The highest BCUT2D eigenvalue weighted by Gasteiger charge is 2.21. The van der Waals surface area contributed by atoms with Crippen LogP contribution in [0.25, 0.3) is 0 Å². The number of aromatic nitrogens is 2. The van der Waals surface area contributed by atoms with Gasteiger partial charge >= 0.3 is 0 Å². The summed E-state index contributed by atoms with van der Waals surface area (Å²) < 4.78 is 0. The summed E-state index contributed by atoms with van der Waals surface area (Å²) in [7, 11) is 0. The molecule has 21 heavy (non-hydrogen) atoms. The lowest BCUT2D eigenvalue weighted by atomic mass is 10.2. The third kappa shape index (κ3) is 3.80. The molecule has 112 valence electrons. The van der Waals surface area contributed by atoms with Gasteiger partial charge in [-0.2, -0.15) is 0 Å². The topological polar surface area (TPSA) is 41.1 Å². The summed E-state index contributed by atoms with van der Waals surface area (Å²) in [4.78, 5) is 12.5. The van der Waals surface area contributed by atoms with Crippen LogP contribution in [0.4, 0.5) is 5.13 Å². The Morgan fingerprint density at radius 1 is 1.33 bits per heavy atom. The molecule has 0 atom stereocenters. The molecule has 4 nitrogen and oxygen atoms in total. The maximum atomic E-state index is 4.77. The third-order valence-corrected chi connectivity index (χ3v) is 5.00. The maximum absolute atomic E-state index is 4.77. The van der Waals surface area contributed by atoms with Gasteiger partial charge in [-0.25, -0.2) is 4.98 Å². The van der Waals surface area contributed by atoms with Gasteiger partial charge < -0.3 is 10.2 Å². The maximum Gasteiger partial charge on any atom is 0.186 e. The van der Waals surface area contributed by atoms with E-state index in [1.165, 1.54) is 23.3 Å². The van der Waals surface area contributed by atoms with Gasteiger partial charge in [0.05, 0.1) is 5.69 Å². The second-order valence-electron chi connectivity index (χ2n) is 5.53. The molecule has 1 aliphatic carbocycles. The number of anilines is 1. The van der Waals surface area contributed by atoms with E-state index in [-0.39, 0.29) is 0 Å². The van der Waals surface area contributed by atoms with Crippen LogP contribution in [0.1, 0.15) is 35.9 Å². The van der Waals surface area contributed by atoms with Gasteiger partial charge in [0.1, 0.15) is 0 Å². The Morgan fingerprint density at radius 3 is 2.76 bits per heavy atom. The van der Waals surface area contributed by atoms with Gasteiger partial charge in [-0.05, 0) is 44.4 Å². The highest BCUT2D eigenvalue weighted by Crippen LogP contribution is 2.28. The molecule has 0 unspecified atom stereocenters. The van der Waals surface area contributed by atoms with Crippen molar-refractivity contribution in [3.63, 3.8) is 0 Å². The average molecular weight is 302 g/mol. The first-order chi connectivity index (χ1) is 10.3. The molecule has 3 rings (SSSR count). The first kappa shape index (κ1) is 14.5. The van der Waals surface area contributed by atoms with Gasteiger partial charge in [0.25, 0.3) is 0 Å². The molecular weight excluding hydrogens is 280 g/mol. The van der Waals surface area contributed by atoms with Crippen molar-refractivity contribution in [2.75, 3.05) is 11.4 Å². The second-order valence-corrected chi connectivity index (χ2v) is 6.59. The van der Waals surface area contributed by atoms with Crippen molar-refractivity contribution in [1.82, 2.24) is 15.3 Å². The molecule has 1 saturated carbocycles. The van der Waals surface area contributed by atoms with Gasteiger partial charge in [-0.3, -0.25) is 4.98 Å². The van der Waals surface area contributed by atoms with E-state index in [0.29, 0.717) is 0 Å². The minimum absolute atomic E-state index is 0.744. The van der Waals surface area contributed by atoms with E-state index in [4.69, 9.17) is 4.98 Å². The number of nitrogens with one attached hydrogen (secondary N) is 1. The van der Waals surface area contributed by atoms with Gasteiger partial charge in [-0.1, -0.05) is 0 Å². The standard InChI is InChI=1S/C16H22N4S/c1-3-20(11-13-6-8-17-9-7-13)16-19-12(2)15(21-16)10-18-14-4-5-14/h6-9,14,18H,3-5,10-11H2,1-2H3. The highest BCUT2D eigenvalue weighted by atomic mass is 32.1. The Bertz CT molecular complexity index is 577. The fraction of sp³-hybridized carbons (Fsp3) is 0.500. The van der Waals surface area contributed by atoms with Crippen molar-refractivity contribution in [1.29, 1.82) is 0 Å². The summed E-state index contributed by atoms with van der Waals surface area (Å²) in [5.41, 5.74) is 2.44. The van der Waals surface area contributed by atoms with Crippen LogP contribution in [0.2, 0.25) is 0 Å². The molecule has 0 bridgehead atoms. The van der Waals surface area contributed by atoms with E-state index in [0.717, 1.165) is 36.5 Å². The minimum atomic E-state index is 0.744. The fourth-order valence-corrected chi connectivity index (χ4v) is 3.33. The molecule has 5 heteroatoms. The number of hydrogen-bond acceptors (Lipinski definition) is 5. The van der Waals surface area contributed by atoms with Crippen LogP contribution in [0.3, 0.4) is 0 Å². The molecule has 2 aromatic heterocycles. The Morgan fingerprint density at radius 2 is 2.10 bits per heavy atom. The van der Waals surface area contributed by atoms with E-state index >= 15 is 0 Å². The summed E-state index contributed by atoms with van der Waals surface area (Å²) in [6, 6.07) is 4.88. The molecule has 0 saturated heterocycles. The fourth-order valence-electron chi connectivity index (χ4n) is 2.26. The largest absolute Gasteiger partial charge is 0.344 e. The summed E-state index contributed by atoms with van der Waals surface area (Å²) >= 11 is 1.82. The van der Waals surface area contributed by atoms with Crippen LogP contribution in [-0.4, -0.2) is 22.6 Å². The van der Waals surface area contributed by atoms with Gasteiger partial charge in [-0.15, -0.1) is 11.3 Å². The normalized spacial score (nSPS) is 14.4. The number of aryl methyl sites for hydroxylation is 1. The first-order valence-corrected chi connectivity index (χ1v) is 8.41. The smallest absolute Gasteiger partial charge is 0.186 e. The average Bonchev–Trinajstić information content (AvgIpc) is 3.26. The third-order valence-electron chi connectivity index (χ3n) is 3.79. The molecule has 2 aromatic rings. The van der Waals surface area contributed by atoms with E-state index in [9.17, 15) is 0 Å². The monoisotopic (exact) mass is 302 g/mol. The van der Waals surface area contributed by atoms with E-state index in [1.807, 2.05) is 23.7 Å². The summed E-state index contributed by atoms with van der Waals surface area (Å²) in [6.07, 6.45) is 6.35. The molecule has 2 heterocycles. The number of pyridine rings is 1. The van der Waals surface area contributed by atoms with Crippen molar-refractivity contribution in [2.45, 2.75) is 45.8 Å². The number of nitrogens with zero attached hydrogens (tertiary/aromatic N) is 3. The zero-order valence-corrected chi connectivity index (χ0v) is 13.5. The van der Waals surface area contributed by atoms with E-state index in [1.54, 1.807) is 0 Å². The highest BCUT2D eigenvalue weighted by molar-refractivity contribution is 7.15. The van der Waals surface area contributed by atoms with Crippen molar-refractivity contribution < 1.29 is 0 Å². The lowest BCUT2D eigenvalue weighted by Gasteiger charge is -2.19. The lowest BCUT2D eigenvalue weighted by Crippen LogP contribution is -2.21. The molecule has 0 aromatic carbocycles.